The first kappa shape index (κ1) is 78.7. The Hall–Kier alpha value is -9.74. The van der Waals surface area contributed by atoms with E-state index in [-0.39, 0.29) is 39.8 Å². The Kier molecular flexibility index (Phi) is 29.2. The van der Waals surface area contributed by atoms with Gasteiger partial charge in [0, 0.05) is 151 Å². The third-order valence-electron chi connectivity index (χ3n) is 10.4. The van der Waals surface area contributed by atoms with Crippen LogP contribution < -0.4 is 0 Å². The number of pyridine rings is 6. The van der Waals surface area contributed by atoms with Crippen molar-refractivity contribution in [1.82, 2.24) is 88.6 Å². The van der Waals surface area contributed by atoms with Gasteiger partial charge in [-0.2, -0.15) is 70.1 Å². The third-order valence-corrected chi connectivity index (χ3v) is 16.3. The Morgan fingerprint density at radius 3 is 0.688 bits per heavy atom. The smallest absolute Gasteiger partial charge is 0.429 e. The number of rotatable bonds is 8. The second-order valence-electron chi connectivity index (χ2n) is 17.2. The summed E-state index contributed by atoms with van der Waals surface area (Å²) in [4.78, 5) is 24.7. The maximum absolute atomic E-state index is 12.4. The summed E-state index contributed by atoms with van der Waals surface area (Å²) in [5.41, 5.74) is -5.67. The number of hydrogen-bond acceptors (Lipinski definition) is 20. The van der Waals surface area contributed by atoms with Crippen LogP contribution in [0.5, 0.6) is 0 Å². The molecule has 28 nitrogen and oxygen atoms in total. The van der Waals surface area contributed by atoms with Gasteiger partial charge in [0.25, 0.3) is 0 Å². The zero-order valence-corrected chi connectivity index (χ0v) is 53.5. The number of sulfonamides is 4. The van der Waals surface area contributed by atoms with Crippen LogP contribution in [0.1, 0.15) is 0 Å². The van der Waals surface area contributed by atoms with Crippen molar-refractivity contribution in [1.29, 1.82) is 0 Å². The van der Waals surface area contributed by atoms with Crippen molar-refractivity contribution in [3.63, 3.8) is 0 Å². The summed E-state index contributed by atoms with van der Waals surface area (Å²) in [5, 5.41) is 11.7. The van der Waals surface area contributed by atoms with Gasteiger partial charge < -0.3 is 8.25 Å². The van der Waals surface area contributed by atoms with E-state index in [2.05, 4.69) is 60.5 Å². The standard InChI is InChI=1S/6C8H7N3.C3F6NO4S2.C2H3F3NO4S2.2Co/c6*1-2-5-9-8(4-1)11-7-3-6-10-11;4-1(5)2(6,7)15(11,12)10-16(13,14)3(1,8)9;1-11(7,8)6-12(9,10)2(3,4)5;;/h6*1-7H;;1H3;;/q;;;;;;2*-1;;. The summed E-state index contributed by atoms with van der Waals surface area (Å²) >= 11 is 0. The molecular formula is C53H45Co2F9N20O8S4-2. The van der Waals surface area contributed by atoms with E-state index < -0.39 is 62.0 Å². The number of hydrogen-bond donors (Lipinski definition) is 0. The number of nitrogens with zero attached hydrogens (tertiary/aromatic N) is 20. The van der Waals surface area contributed by atoms with Gasteiger partial charge in [-0.15, -0.1) is 0 Å². The fourth-order valence-corrected chi connectivity index (χ4v) is 10.8. The number of halogens is 9. The molecule has 0 N–H and O–H groups in total. The van der Waals surface area contributed by atoms with E-state index in [0.717, 1.165) is 39.0 Å². The molecule has 43 heteroatoms. The molecule has 2 radical (unpaired) electrons. The maximum Gasteiger partial charge on any atom is 0.480 e. The summed E-state index contributed by atoms with van der Waals surface area (Å²) in [7, 11) is -23.6. The Labute approximate surface area is 560 Å². The minimum atomic E-state index is -6.60. The molecule has 0 atom stereocenters. The molecule has 0 aromatic carbocycles. The predicted molar refractivity (Wildman–Crippen MR) is 317 cm³/mol. The monoisotopic (exact) mass is 1510 g/mol. The van der Waals surface area contributed by atoms with Crippen LogP contribution >= 0.6 is 0 Å². The first-order valence-corrected chi connectivity index (χ1v) is 31.7. The summed E-state index contributed by atoms with van der Waals surface area (Å²) in [6.07, 6.45) is 32.3. The molecular weight excluding hydrogens is 1460 g/mol. The Morgan fingerprint density at radius 2 is 0.562 bits per heavy atom. The van der Waals surface area contributed by atoms with Crippen molar-refractivity contribution < 1.29 is 107 Å². The van der Waals surface area contributed by atoms with Crippen molar-refractivity contribution in [2.75, 3.05) is 6.26 Å². The van der Waals surface area contributed by atoms with Crippen molar-refractivity contribution in [3.8, 4) is 34.9 Å². The SMILES string of the molecule is CS(=O)(=O)[N-]S(=O)(=O)C(F)(F)F.O=S1(=O)[N-]S(=O)(=O)C(F)(F)C(F)(F)C1(F)F.[Co].[Co].c1ccc(-n2cccn2)nc1.c1ccc(-n2cccn2)nc1.c1ccc(-n2cccn2)nc1.c1ccc(-n2cccn2)nc1.c1ccc(-n2cccn2)nc1.c1ccc(-n2cccn2)nc1. The van der Waals surface area contributed by atoms with Crippen molar-refractivity contribution in [2.45, 2.75) is 21.9 Å². The van der Waals surface area contributed by atoms with E-state index in [0.29, 0.717) is 0 Å². The summed E-state index contributed by atoms with van der Waals surface area (Å²) in [6.45, 7) is 0. The van der Waals surface area contributed by atoms with E-state index in [1.165, 1.54) is 0 Å². The van der Waals surface area contributed by atoms with Gasteiger partial charge in [0.1, 0.15) is 0 Å². The van der Waals surface area contributed by atoms with Crippen LogP contribution in [0.2, 0.25) is 0 Å². The largest absolute Gasteiger partial charge is 0.480 e. The second kappa shape index (κ2) is 35.7. The zero-order chi connectivity index (χ0) is 68.5. The van der Waals surface area contributed by atoms with Gasteiger partial charge in [-0.1, -0.05) is 36.4 Å². The van der Waals surface area contributed by atoms with Crippen LogP contribution in [0, 0.1) is 0 Å². The van der Waals surface area contributed by atoms with E-state index >= 15 is 0 Å². The molecule has 13 rings (SSSR count). The van der Waals surface area contributed by atoms with Gasteiger partial charge in [-0.3, -0.25) is 0 Å². The first-order chi connectivity index (χ1) is 44.5. The van der Waals surface area contributed by atoms with Gasteiger partial charge in [-0.05, 0) is 109 Å². The molecule has 12 aromatic heterocycles. The van der Waals surface area contributed by atoms with Crippen LogP contribution in [0.25, 0.3) is 43.2 Å². The van der Waals surface area contributed by atoms with Gasteiger partial charge in [0.2, 0.25) is 0 Å². The van der Waals surface area contributed by atoms with Crippen LogP contribution in [0.15, 0.2) is 257 Å². The van der Waals surface area contributed by atoms with Gasteiger partial charge in [0.15, 0.2) is 65.0 Å². The number of alkyl halides is 9. The fraction of sp³-hybridized carbons (Fsp3) is 0.0943. The van der Waals surface area contributed by atoms with Crippen LogP contribution in [0.4, 0.5) is 39.5 Å². The molecule has 1 saturated heterocycles. The maximum atomic E-state index is 12.4. The summed E-state index contributed by atoms with van der Waals surface area (Å²) in [6, 6.07) is 45.6. The molecule has 512 valence electrons. The molecule has 0 aliphatic carbocycles. The molecule has 96 heavy (non-hydrogen) atoms. The molecule has 0 bridgehead atoms. The topological polar surface area (TPSA) is 349 Å². The third kappa shape index (κ3) is 22.5. The summed E-state index contributed by atoms with van der Waals surface area (Å²) in [5.74, 6) is -1.53. The molecule has 1 aliphatic rings. The Morgan fingerprint density at radius 1 is 0.365 bits per heavy atom. The Bertz CT molecular complexity index is 3990. The average molecular weight is 1510 g/mol. The molecule has 1 fully saturated rings. The molecule has 1 aliphatic heterocycles. The quantitative estimate of drug-likeness (QED) is 0.128. The minimum absolute atomic E-state index is 0. The second-order valence-corrected chi connectivity index (χ2v) is 24.2. The van der Waals surface area contributed by atoms with E-state index in [4.69, 9.17) is 0 Å². The van der Waals surface area contributed by atoms with Crippen LogP contribution in [-0.4, -0.2) is 150 Å². The Balaban J connectivity index is 0.000000233. The van der Waals surface area contributed by atoms with Crippen molar-refractivity contribution in [3.05, 3.63) is 265 Å². The fourth-order valence-electron chi connectivity index (χ4n) is 6.30. The zero-order valence-electron chi connectivity index (χ0n) is 48.2. The first-order valence-electron chi connectivity index (χ1n) is 25.5. The molecule has 0 spiro atoms. The molecule has 12 aromatic rings. The van der Waals surface area contributed by atoms with Gasteiger partial charge in [-0.25, -0.2) is 91.7 Å². The van der Waals surface area contributed by atoms with Gasteiger partial charge >= 0.3 is 21.9 Å². The molecule has 0 saturated carbocycles. The minimum Gasteiger partial charge on any atom is -0.429 e. The summed E-state index contributed by atoms with van der Waals surface area (Å²) < 4.78 is 203. The molecule has 13 heterocycles. The van der Waals surface area contributed by atoms with Crippen LogP contribution in [-0.2, 0) is 73.7 Å². The normalized spacial score (nSPS) is 14.1. The van der Waals surface area contributed by atoms with Crippen molar-refractivity contribution >= 4 is 40.1 Å². The predicted octanol–water partition coefficient (Wildman–Crippen LogP) is 8.62. The molecule has 0 unspecified atom stereocenters. The average Bonchev–Trinajstić information content (AvgIpc) is 0.812. The van der Waals surface area contributed by atoms with E-state index in [1.807, 2.05) is 183 Å². The number of aromatic nitrogens is 18. The van der Waals surface area contributed by atoms with Crippen LogP contribution in [0.3, 0.4) is 0 Å². The van der Waals surface area contributed by atoms with Crippen molar-refractivity contribution in [2.24, 2.45) is 0 Å². The van der Waals surface area contributed by atoms with E-state index in [1.54, 1.807) is 107 Å². The van der Waals surface area contributed by atoms with E-state index in [9.17, 15) is 73.2 Å². The molecule has 0 amide bonds. The van der Waals surface area contributed by atoms with Gasteiger partial charge in [0.05, 0.1) is 10.0 Å².